The number of nitrogens with one attached hydrogen (secondary N) is 2. The lowest BCUT2D eigenvalue weighted by Gasteiger charge is -2.19. The molecule has 9 nitrogen and oxygen atoms in total. The largest absolute Gasteiger partial charge is 0.443 e. The number of nitrogens with zero attached hydrogens (tertiary/aromatic N) is 3. The lowest BCUT2D eigenvalue weighted by molar-refractivity contribution is 0.0890. The van der Waals surface area contributed by atoms with Crippen molar-refractivity contribution in [2.45, 2.75) is 12.6 Å². The van der Waals surface area contributed by atoms with Gasteiger partial charge in [-0.25, -0.2) is 9.97 Å². The summed E-state index contributed by atoms with van der Waals surface area (Å²) in [6.07, 6.45) is 2.69. The molecule has 10 heteroatoms. The SMILES string of the molecule is CO[C@@H](Cn1c(NC(=O)c2ccc(-c3cnco3)s2)nc2cc(NCC(=O)c3ccccc3)ccc21)c1ccccc1. The van der Waals surface area contributed by atoms with E-state index in [4.69, 9.17) is 14.1 Å². The number of rotatable bonds is 11. The molecule has 6 aromatic rings. The van der Waals surface area contributed by atoms with Crippen molar-refractivity contribution in [2.75, 3.05) is 24.3 Å². The molecule has 0 bridgehead atoms. The normalized spacial score (nSPS) is 11.8. The lowest BCUT2D eigenvalue weighted by Crippen LogP contribution is -2.18. The van der Waals surface area contributed by atoms with Crippen LogP contribution in [-0.4, -0.2) is 39.9 Å². The number of ketones is 1. The zero-order valence-corrected chi connectivity index (χ0v) is 23.5. The van der Waals surface area contributed by atoms with Crippen molar-refractivity contribution in [3.05, 3.63) is 120 Å². The third-order valence-corrected chi connectivity index (χ3v) is 7.93. The Morgan fingerprint density at radius 3 is 2.52 bits per heavy atom. The molecule has 3 aromatic carbocycles. The Labute approximate surface area is 245 Å². The number of ether oxygens (including phenoxy) is 1. The number of carbonyl (C=O) groups is 2. The van der Waals surface area contributed by atoms with Crippen LogP contribution in [0, 0.1) is 0 Å². The van der Waals surface area contributed by atoms with Gasteiger partial charge in [0.15, 0.2) is 17.9 Å². The maximum absolute atomic E-state index is 13.3. The Morgan fingerprint density at radius 1 is 1.00 bits per heavy atom. The Balaban J connectivity index is 1.29. The Kier molecular flexibility index (Phi) is 7.89. The van der Waals surface area contributed by atoms with Crippen LogP contribution in [0.1, 0.15) is 31.7 Å². The Bertz CT molecular complexity index is 1810. The quantitative estimate of drug-likeness (QED) is 0.165. The smallest absolute Gasteiger partial charge is 0.268 e. The highest BCUT2D eigenvalue weighted by atomic mass is 32.1. The van der Waals surface area contributed by atoms with E-state index in [1.807, 2.05) is 77.4 Å². The number of imidazole rings is 1. The Hall–Kier alpha value is -5.06. The molecule has 0 unspecified atom stereocenters. The molecule has 0 aliphatic rings. The molecule has 0 saturated carbocycles. The molecule has 42 heavy (non-hydrogen) atoms. The van der Waals surface area contributed by atoms with Crippen molar-refractivity contribution in [1.82, 2.24) is 14.5 Å². The van der Waals surface area contributed by atoms with Crippen LogP contribution < -0.4 is 10.6 Å². The van der Waals surface area contributed by atoms with Crippen molar-refractivity contribution in [3.8, 4) is 10.6 Å². The van der Waals surface area contributed by atoms with E-state index < -0.39 is 0 Å². The van der Waals surface area contributed by atoms with Crippen LogP contribution >= 0.6 is 11.3 Å². The fourth-order valence-corrected chi connectivity index (χ4v) is 5.53. The molecule has 0 radical (unpaired) electrons. The van der Waals surface area contributed by atoms with Crippen LogP contribution in [-0.2, 0) is 11.3 Å². The Morgan fingerprint density at radius 2 is 1.79 bits per heavy atom. The van der Waals surface area contributed by atoms with E-state index in [1.54, 1.807) is 31.5 Å². The molecule has 210 valence electrons. The van der Waals surface area contributed by atoms with Gasteiger partial charge in [-0.1, -0.05) is 60.7 Å². The van der Waals surface area contributed by atoms with Gasteiger partial charge in [0.05, 0.1) is 40.1 Å². The minimum absolute atomic E-state index is 0.0133. The summed E-state index contributed by atoms with van der Waals surface area (Å²) >= 11 is 1.31. The van der Waals surface area contributed by atoms with Gasteiger partial charge in [0.1, 0.15) is 6.10 Å². The summed E-state index contributed by atoms with van der Waals surface area (Å²) in [4.78, 5) is 36.0. The fourth-order valence-electron chi connectivity index (χ4n) is 4.67. The van der Waals surface area contributed by atoms with E-state index in [2.05, 4.69) is 15.6 Å². The number of thiophene rings is 1. The van der Waals surface area contributed by atoms with Gasteiger partial charge in [-0.05, 0) is 35.9 Å². The minimum Gasteiger partial charge on any atom is -0.443 e. The second kappa shape index (κ2) is 12.2. The lowest BCUT2D eigenvalue weighted by atomic mass is 10.1. The van der Waals surface area contributed by atoms with Gasteiger partial charge in [-0.3, -0.25) is 14.9 Å². The van der Waals surface area contributed by atoms with Crippen molar-refractivity contribution in [2.24, 2.45) is 0 Å². The fraction of sp³-hybridized carbons (Fsp3) is 0.125. The van der Waals surface area contributed by atoms with Crippen LogP contribution in [0.15, 0.2) is 108 Å². The summed E-state index contributed by atoms with van der Waals surface area (Å²) in [5.41, 5.74) is 3.88. The van der Waals surface area contributed by atoms with Gasteiger partial charge in [0.25, 0.3) is 5.91 Å². The summed E-state index contributed by atoms with van der Waals surface area (Å²) in [5, 5.41) is 6.20. The van der Waals surface area contributed by atoms with Crippen LogP contribution in [0.5, 0.6) is 0 Å². The van der Waals surface area contributed by atoms with Crippen LogP contribution in [0.4, 0.5) is 11.6 Å². The molecule has 0 aliphatic heterocycles. The van der Waals surface area contributed by atoms with Crippen molar-refractivity contribution < 1.29 is 18.7 Å². The second-order valence-electron chi connectivity index (χ2n) is 9.51. The average molecular weight is 578 g/mol. The number of amides is 1. The first-order valence-electron chi connectivity index (χ1n) is 13.3. The zero-order valence-electron chi connectivity index (χ0n) is 22.7. The van der Waals surface area contributed by atoms with Gasteiger partial charge < -0.3 is 19.0 Å². The molecule has 3 aromatic heterocycles. The van der Waals surface area contributed by atoms with Gasteiger partial charge in [0.2, 0.25) is 5.95 Å². The molecule has 6 rings (SSSR count). The third kappa shape index (κ3) is 5.85. The van der Waals surface area contributed by atoms with E-state index in [1.165, 1.54) is 17.7 Å². The van der Waals surface area contributed by atoms with Gasteiger partial charge in [0, 0.05) is 18.4 Å². The number of hydrogen-bond donors (Lipinski definition) is 2. The van der Waals surface area contributed by atoms with Crippen molar-refractivity contribution in [3.63, 3.8) is 0 Å². The van der Waals surface area contributed by atoms with Crippen LogP contribution in [0.2, 0.25) is 0 Å². The zero-order chi connectivity index (χ0) is 28.9. The number of anilines is 2. The molecular formula is C32H27N5O4S. The van der Waals surface area contributed by atoms with Crippen molar-refractivity contribution in [1.29, 1.82) is 0 Å². The molecule has 0 spiro atoms. The monoisotopic (exact) mass is 577 g/mol. The summed E-state index contributed by atoms with van der Waals surface area (Å²) in [5.74, 6) is 0.686. The standard InChI is InChI=1S/C32H27N5O4S/c1-40-28(22-10-6-3-7-11-22)19-37-25-13-12-23(34-17-26(38)21-8-4-2-5-9-21)16-24(25)35-32(37)36-31(39)30-15-14-29(42-30)27-18-33-20-41-27/h2-16,18,20,28,34H,17,19H2,1H3,(H,35,36,39)/t28-/m0/s1. The summed E-state index contributed by atoms with van der Waals surface area (Å²) < 4.78 is 13.2. The highest BCUT2D eigenvalue weighted by Crippen LogP contribution is 2.30. The molecule has 0 fully saturated rings. The second-order valence-corrected chi connectivity index (χ2v) is 10.6. The summed E-state index contributed by atoms with van der Waals surface area (Å²) in [6, 6.07) is 28.3. The average Bonchev–Trinajstić information content (AvgIpc) is 3.80. The molecule has 0 saturated heterocycles. The number of benzene rings is 3. The number of oxazole rings is 1. The highest BCUT2D eigenvalue weighted by molar-refractivity contribution is 7.17. The number of carbonyl (C=O) groups excluding carboxylic acids is 2. The highest BCUT2D eigenvalue weighted by Gasteiger charge is 2.21. The molecule has 1 atom stereocenters. The first kappa shape index (κ1) is 27.1. The van der Waals surface area contributed by atoms with Crippen molar-refractivity contribution >= 4 is 45.7 Å². The predicted molar refractivity (Wildman–Crippen MR) is 163 cm³/mol. The maximum atomic E-state index is 13.3. The van der Waals surface area contributed by atoms with E-state index in [9.17, 15) is 9.59 Å². The molecule has 2 N–H and O–H groups in total. The topological polar surface area (TPSA) is 111 Å². The maximum Gasteiger partial charge on any atom is 0.268 e. The van der Waals surface area contributed by atoms with E-state index >= 15 is 0 Å². The summed E-state index contributed by atoms with van der Waals surface area (Å²) in [7, 11) is 1.66. The third-order valence-electron chi connectivity index (χ3n) is 6.83. The first-order chi connectivity index (χ1) is 20.6. The van der Waals surface area contributed by atoms with E-state index in [0.717, 1.165) is 21.6 Å². The number of fused-ring (bicyclic) bond motifs is 1. The van der Waals surface area contributed by atoms with Gasteiger partial charge in [-0.2, -0.15) is 0 Å². The van der Waals surface area contributed by atoms with Crippen LogP contribution in [0.3, 0.4) is 0 Å². The van der Waals surface area contributed by atoms with Crippen LogP contribution in [0.25, 0.3) is 21.7 Å². The number of hydrogen-bond acceptors (Lipinski definition) is 8. The number of Topliss-reactive ketones (excluding diaryl/α,β-unsaturated/α-hetero) is 1. The first-order valence-corrected chi connectivity index (χ1v) is 14.1. The van der Waals surface area contributed by atoms with Gasteiger partial charge in [-0.15, -0.1) is 11.3 Å². The predicted octanol–water partition coefficient (Wildman–Crippen LogP) is 6.69. The molecule has 1 amide bonds. The summed E-state index contributed by atoms with van der Waals surface area (Å²) in [6.45, 7) is 0.561. The minimum atomic E-state index is -0.289. The molecular weight excluding hydrogens is 550 g/mol. The number of aromatic nitrogens is 3. The van der Waals surface area contributed by atoms with E-state index in [0.29, 0.717) is 34.2 Å². The van der Waals surface area contributed by atoms with Gasteiger partial charge >= 0.3 is 0 Å². The number of methoxy groups -OCH3 is 1. The molecule has 3 heterocycles. The van der Waals surface area contributed by atoms with E-state index in [-0.39, 0.29) is 24.3 Å². The molecule has 0 aliphatic carbocycles.